The number of nitrogens with zero attached hydrogens (tertiary/aromatic N) is 2. The number of ether oxygens (including phenoxy) is 1. The number of hydrogen-bond acceptors (Lipinski definition) is 3. The highest BCUT2D eigenvalue weighted by atomic mass is 127. The van der Waals surface area contributed by atoms with Gasteiger partial charge in [0, 0.05) is 33.1 Å². The van der Waals surface area contributed by atoms with E-state index in [2.05, 4.69) is 45.6 Å². The van der Waals surface area contributed by atoms with Crippen LogP contribution in [0.2, 0.25) is 0 Å². The third-order valence-electron chi connectivity index (χ3n) is 4.01. The molecule has 0 bridgehead atoms. The molecule has 1 N–H and O–H groups in total. The molecule has 1 aromatic rings. The van der Waals surface area contributed by atoms with Crippen molar-refractivity contribution in [1.82, 2.24) is 10.2 Å². The van der Waals surface area contributed by atoms with Crippen LogP contribution in [-0.2, 0) is 9.53 Å². The average Bonchev–Trinajstić information content (AvgIpc) is 2.63. The normalized spacial score (nSPS) is 14.4. The van der Waals surface area contributed by atoms with Crippen molar-refractivity contribution in [3.63, 3.8) is 0 Å². The second-order valence-corrected chi connectivity index (χ2v) is 5.67. The van der Waals surface area contributed by atoms with Crippen LogP contribution in [0.15, 0.2) is 41.4 Å². The molecule has 1 heterocycles. The highest BCUT2D eigenvalue weighted by Crippen LogP contribution is 2.21. The number of halogens is 1. The molecule has 0 radical (unpaired) electrons. The number of benzene rings is 1. The van der Waals surface area contributed by atoms with E-state index in [0.29, 0.717) is 13.0 Å². The van der Waals surface area contributed by atoms with Gasteiger partial charge < -0.3 is 15.0 Å². The first kappa shape index (κ1) is 21.5. The molecule has 1 aromatic carbocycles. The van der Waals surface area contributed by atoms with E-state index in [4.69, 9.17) is 4.74 Å². The maximum Gasteiger partial charge on any atom is 0.305 e. The van der Waals surface area contributed by atoms with Crippen molar-refractivity contribution >= 4 is 41.5 Å². The smallest absolute Gasteiger partial charge is 0.305 e. The van der Waals surface area contributed by atoms with Gasteiger partial charge in [0.2, 0.25) is 0 Å². The summed E-state index contributed by atoms with van der Waals surface area (Å²) in [5.41, 5.74) is 2.69. The van der Waals surface area contributed by atoms with Crippen LogP contribution in [0.4, 0.5) is 0 Å². The zero-order valence-electron chi connectivity index (χ0n) is 15.0. The molecule has 0 aromatic heterocycles. The number of guanidine groups is 1. The molecule has 0 aliphatic carbocycles. The quantitative estimate of drug-likeness (QED) is 0.234. The molecule has 0 unspecified atom stereocenters. The Hall–Kier alpha value is -1.57. The minimum atomic E-state index is -0.136. The van der Waals surface area contributed by atoms with Crippen LogP contribution in [0, 0.1) is 0 Å². The molecule has 0 saturated heterocycles. The fourth-order valence-electron chi connectivity index (χ4n) is 2.77. The molecule has 1 aliphatic rings. The summed E-state index contributed by atoms with van der Waals surface area (Å²) < 4.78 is 4.93. The molecule has 2 rings (SSSR count). The molecule has 0 saturated carbocycles. The van der Waals surface area contributed by atoms with Crippen molar-refractivity contribution in [1.29, 1.82) is 0 Å². The number of aliphatic imine (C=N–C) groups is 1. The van der Waals surface area contributed by atoms with Gasteiger partial charge in [0.25, 0.3) is 0 Å². The molecular weight excluding hydrogens is 429 g/mol. The lowest BCUT2D eigenvalue weighted by Gasteiger charge is -2.29. The molecule has 138 valence electrons. The maximum absolute atomic E-state index is 11.3. The summed E-state index contributed by atoms with van der Waals surface area (Å²) in [6, 6.07) is 10.5. The molecule has 1 aliphatic heterocycles. The van der Waals surface area contributed by atoms with Gasteiger partial charge in [-0.1, -0.05) is 36.4 Å². The van der Waals surface area contributed by atoms with Crippen LogP contribution >= 0.6 is 24.0 Å². The van der Waals surface area contributed by atoms with E-state index in [0.717, 1.165) is 38.4 Å². The largest absolute Gasteiger partial charge is 0.466 e. The molecular formula is C19H28IN3O2. The fourth-order valence-corrected chi connectivity index (χ4v) is 2.77. The zero-order chi connectivity index (χ0) is 17.2. The van der Waals surface area contributed by atoms with Crippen molar-refractivity contribution < 1.29 is 9.53 Å². The molecule has 0 atom stereocenters. The Morgan fingerprint density at radius 2 is 2.08 bits per heavy atom. The Morgan fingerprint density at radius 3 is 2.68 bits per heavy atom. The second kappa shape index (κ2) is 11.9. The van der Waals surface area contributed by atoms with Crippen LogP contribution in [0.1, 0.15) is 31.7 Å². The first-order chi connectivity index (χ1) is 11.7. The number of hydrogen-bond donors (Lipinski definition) is 1. The van der Waals surface area contributed by atoms with Gasteiger partial charge in [-0.15, -0.1) is 24.0 Å². The van der Waals surface area contributed by atoms with Crippen molar-refractivity contribution in [2.45, 2.75) is 26.2 Å². The summed E-state index contributed by atoms with van der Waals surface area (Å²) in [6.07, 6.45) is 4.46. The summed E-state index contributed by atoms with van der Waals surface area (Å²) in [6.45, 7) is 4.78. The van der Waals surface area contributed by atoms with E-state index < -0.39 is 0 Å². The minimum Gasteiger partial charge on any atom is -0.466 e. The lowest BCUT2D eigenvalue weighted by Crippen LogP contribution is -2.43. The van der Waals surface area contributed by atoms with Crippen molar-refractivity contribution in [2.75, 3.05) is 33.3 Å². The summed E-state index contributed by atoms with van der Waals surface area (Å²) >= 11 is 0. The van der Waals surface area contributed by atoms with Crippen LogP contribution in [-0.4, -0.2) is 50.1 Å². The topological polar surface area (TPSA) is 53.9 Å². The number of carbonyl (C=O) groups is 1. The van der Waals surface area contributed by atoms with Gasteiger partial charge >= 0.3 is 5.97 Å². The van der Waals surface area contributed by atoms with Gasteiger partial charge in [0.05, 0.1) is 6.61 Å². The van der Waals surface area contributed by atoms with E-state index in [1.165, 1.54) is 11.1 Å². The molecule has 0 amide bonds. The first-order valence-corrected chi connectivity index (χ1v) is 8.60. The molecule has 0 spiro atoms. The van der Waals surface area contributed by atoms with Gasteiger partial charge in [-0.05, 0) is 30.9 Å². The van der Waals surface area contributed by atoms with E-state index >= 15 is 0 Å². The molecule has 5 nitrogen and oxygen atoms in total. The van der Waals surface area contributed by atoms with Crippen LogP contribution in [0.3, 0.4) is 0 Å². The van der Waals surface area contributed by atoms with Crippen molar-refractivity contribution in [3.05, 3.63) is 42.0 Å². The van der Waals surface area contributed by atoms with Crippen molar-refractivity contribution in [2.24, 2.45) is 4.99 Å². The van der Waals surface area contributed by atoms with Gasteiger partial charge in [0.15, 0.2) is 5.96 Å². The van der Waals surface area contributed by atoms with E-state index in [9.17, 15) is 4.79 Å². The lowest BCUT2D eigenvalue weighted by molar-refractivity contribution is -0.143. The Balaban J connectivity index is 0.00000312. The standard InChI is InChI=1S/C19H27N3O2.HI/c1-3-24-18(23)10-7-13-21-19(20-2)22-14-11-17(12-15-22)16-8-5-4-6-9-16;/h4-6,8-9,11H,3,7,10,12-15H2,1-2H3,(H,20,21);1H. The number of esters is 1. The summed E-state index contributed by atoms with van der Waals surface area (Å²) in [5, 5.41) is 3.33. The fraction of sp³-hybridized carbons (Fsp3) is 0.474. The lowest BCUT2D eigenvalue weighted by atomic mass is 10.00. The predicted octanol–water partition coefficient (Wildman–Crippen LogP) is 3.31. The van der Waals surface area contributed by atoms with Crippen LogP contribution < -0.4 is 5.32 Å². The minimum absolute atomic E-state index is 0. The third kappa shape index (κ3) is 7.05. The highest BCUT2D eigenvalue weighted by Gasteiger charge is 2.15. The van der Waals surface area contributed by atoms with Crippen molar-refractivity contribution in [3.8, 4) is 0 Å². The summed E-state index contributed by atoms with van der Waals surface area (Å²) in [5.74, 6) is 0.755. The number of nitrogens with one attached hydrogen (secondary N) is 1. The van der Waals surface area contributed by atoms with Crippen LogP contribution in [0.5, 0.6) is 0 Å². The number of rotatable bonds is 6. The molecule has 6 heteroatoms. The van der Waals surface area contributed by atoms with Gasteiger partial charge in [0.1, 0.15) is 0 Å². The Morgan fingerprint density at radius 1 is 1.32 bits per heavy atom. The maximum atomic E-state index is 11.3. The SMILES string of the molecule is CCOC(=O)CCCNC(=NC)N1CC=C(c2ccccc2)CC1.I. The third-order valence-corrected chi connectivity index (χ3v) is 4.01. The van der Waals surface area contributed by atoms with Gasteiger partial charge in [-0.25, -0.2) is 0 Å². The monoisotopic (exact) mass is 457 g/mol. The van der Waals surface area contributed by atoms with E-state index in [-0.39, 0.29) is 29.9 Å². The zero-order valence-corrected chi connectivity index (χ0v) is 17.4. The molecule has 0 fully saturated rings. The second-order valence-electron chi connectivity index (χ2n) is 5.67. The molecule has 25 heavy (non-hydrogen) atoms. The Bertz CT molecular complexity index is 588. The first-order valence-electron chi connectivity index (χ1n) is 8.60. The van der Waals surface area contributed by atoms with Gasteiger partial charge in [-0.3, -0.25) is 9.79 Å². The highest BCUT2D eigenvalue weighted by molar-refractivity contribution is 14.0. The Kier molecular flexibility index (Phi) is 10.2. The Labute approximate surface area is 167 Å². The average molecular weight is 457 g/mol. The van der Waals surface area contributed by atoms with Gasteiger partial charge in [-0.2, -0.15) is 0 Å². The number of carbonyl (C=O) groups excluding carboxylic acids is 1. The van der Waals surface area contributed by atoms with E-state index in [1.54, 1.807) is 7.05 Å². The van der Waals surface area contributed by atoms with E-state index in [1.807, 2.05) is 13.0 Å². The predicted molar refractivity (Wildman–Crippen MR) is 113 cm³/mol. The summed E-state index contributed by atoms with van der Waals surface area (Å²) in [4.78, 5) is 17.9. The summed E-state index contributed by atoms with van der Waals surface area (Å²) in [7, 11) is 1.80. The van der Waals surface area contributed by atoms with Crippen LogP contribution in [0.25, 0.3) is 5.57 Å².